The monoisotopic (exact) mass is 333 g/mol. The van der Waals surface area contributed by atoms with Crippen LogP contribution in [0.5, 0.6) is 5.75 Å². The third-order valence-electron chi connectivity index (χ3n) is 3.55. The van der Waals surface area contributed by atoms with E-state index in [2.05, 4.69) is 0 Å². The van der Waals surface area contributed by atoms with E-state index in [0.29, 0.717) is 31.0 Å². The highest BCUT2D eigenvalue weighted by molar-refractivity contribution is 7.89. The van der Waals surface area contributed by atoms with Crippen molar-refractivity contribution in [2.75, 3.05) is 26.8 Å². The summed E-state index contributed by atoms with van der Waals surface area (Å²) in [4.78, 5) is 0.248. The zero-order chi connectivity index (χ0) is 15.5. The molecule has 5 nitrogen and oxygen atoms in total. The van der Waals surface area contributed by atoms with E-state index in [1.807, 2.05) is 6.92 Å². The predicted molar refractivity (Wildman–Crippen MR) is 81.3 cm³/mol. The number of sulfonamides is 1. The van der Waals surface area contributed by atoms with E-state index in [-0.39, 0.29) is 16.9 Å². The van der Waals surface area contributed by atoms with Gasteiger partial charge in [0.05, 0.1) is 23.5 Å². The van der Waals surface area contributed by atoms with Crippen molar-refractivity contribution in [1.82, 2.24) is 4.31 Å². The molecule has 1 aliphatic heterocycles. The summed E-state index contributed by atoms with van der Waals surface area (Å²) in [6, 6.07) is 4.82. The van der Waals surface area contributed by atoms with Crippen LogP contribution in [0.1, 0.15) is 18.9 Å². The van der Waals surface area contributed by atoms with Crippen LogP contribution in [0.25, 0.3) is 0 Å². The number of alkyl halides is 1. The molecular formula is C14H20ClNO4S. The Balaban J connectivity index is 2.28. The maximum atomic E-state index is 12.6. The molecule has 1 aromatic carbocycles. The van der Waals surface area contributed by atoms with E-state index in [0.717, 1.165) is 6.42 Å². The van der Waals surface area contributed by atoms with Gasteiger partial charge in [-0.25, -0.2) is 8.42 Å². The first-order valence-electron chi connectivity index (χ1n) is 6.87. The Morgan fingerprint density at radius 3 is 2.76 bits per heavy atom. The second-order valence-corrected chi connectivity index (χ2v) is 7.05. The first-order chi connectivity index (χ1) is 10.0. The van der Waals surface area contributed by atoms with Gasteiger partial charge in [-0.3, -0.25) is 0 Å². The molecule has 0 N–H and O–H groups in total. The molecule has 1 aliphatic rings. The van der Waals surface area contributed by atoms with E-state index in [1.165, 1.54) is 4.31 Å². The summed E-state index contributed by atoms with van der Waals surface area (Å²) >= 11 is 5.89. The van der Waals surface area contributed by atoms with Crippen LogP contribution in [-0.2, 0) is 20.6 Å². The van der Waals surface area contributed by atoms with Gasteiger partial charge in [0.1, 0.15) is 5.75 Å². The number of methoxy groups -OCH3 is 1. The van der Waals surface area contributed by atoms with Crippen molar-refractivity contribution in [2.45, 2.75) is 30.2 Å². The van der Waals surface area contributed by atoms with Gasteiger partial charge in [-0.2, -0.15) is 4.31 Å². The van der Waals surface area contributed by atoms with Crippen molar-refractivity contribution < 1.29 is 17.9 Å². The molecule has 0 radical (unpaired) electrons. The third-order valence-corrected chi connectivity index (χ3v) is 5.70. The molecule has 1 heterocycles. The topological polar surface area (TPSA) is 55.8 Å². The maximum absolute atomic E-state index is 12.6. The van der Waals surface area contributed by atoms with Gasteiger partial charge in [0.15, 0.2) is 0 Å². The molecular weight excluding hydrogens is 314 g/mol. The van der Waals surface area contributed by atoms with Crippen molar-refractivity contribution in [3.05, 3.63) is 23.8 Å². The van der Waals surface area contributed by atoms with Gasteiger partial charge >= 0.3 is 0 Å². The van der Waals surface area contributed by atoms with Gasteiger partial charge in [-0.1, -0.05) is 0 Å². The standard InChI is InChI=1S/C14H20ClNO4S/c1-3-20-14-5-4-13(8-11(14)9-15)21(17,18)16-7-6-12(10-16)19-2/h4-5,8,12H,3,6-7,9-10H2,1-2H3. The van der Waals surface area contributed by atoms with Crippen molar-refractivity contribution in [3.63, 3.8) is 0 Å². The minimum absolute atomic E-state index is 0.0324. The molecule has 1 saturated heterocycles. The van der Waals surface area contributed by atoms with Crippen LogP contribution in [-0.4, -0.2) is 45.6 Å². The SMILES string of the molecule is CCOc1ccc(S(=O)(=O)N2CCC(OC)C2)cc1CCl. The third kappa shape index (κ3) is 3.51. The summed E-state index contributed by atoms with van der Waals surface area (Å²) in [5.41, 5.74) is 0.682. The highest BCUT2D eigenvalue weighted by atomic mass is 35.5. The Kier molecular flexibility index (Phi) is 5.48. The highest BCUT2D eigenvalue weighted by Gasteiger charge is 2.32. The summed E-state index contributed by atoms with van der Waals surface area (Å²) in [5.74, 6) is 0.835. The molecule has 0 amide bonds. The Hall–Kier alpha value is -0.820. The lowest BCUT2D eigenvalue weighted by Crippen LogP contribution is -2.30. The van der Waals surface area contributed by atoms with Gasteiger partial charge in [-0.05, 0) is 31.5 Å². The fourth-order valence-corrected chi connectivity index (χ4v) is 4.12. The van der Waals surface area contributed by atoms with E-state index >= 15 is 0 Å². The molecule has 0 spiro atoms. The number of halogens is 1. The summed E-state index contributed by atoms with van der Waals surface area (Å²) < 4.78 is 37.4. The highest BCUT2D eigenvalue weighted by Crippen LogP contribution is 2.28. The van der Waals surface area contributed by atoms with Crippen LogP contribution >= 0.6 is 11.6 Å². The Morgan fingerprint density at radius 2 is 2.19 bits per heavy atom. The minimum atomic E-state index is -3.51. The second kappa shape index (κ2) is 6.96. The molecule has 2 rings (SSSR count). The number of benzene rings is 1. The molecule has 1 fully saturated rings. The number of rotatable bonds is 6. The molecule has 1 aromatic rings. The molecule has 1 atom stereocenters. The Labute approximate surface area is 130 Å². The fraction of sp³-hybridized carbons (Fsp3) is 0.571. The molecule has 1 unspecified atom stereocenters. The number of nitrogens with zero attached hydrogens (tertiary/aromatic N) is 1. The lowest BCUT2D eigenvalue weighted by molar-refractivity contribution is 0.115. The zero-order valence-electron chi connectivity index (χ0n) is 12.2. The van der Waals surface area contributed by atoms with Gasteiger partial charge in [0.25, 0.3) is 0 Å². The van der Waals surface area contributed by atoms with Crippen molar-refractivity contribution >= 4 is 21.6 Å². The van der Waals surface area contributed by atoms with Crippen molar-refractivity contribution in [3.8, 4) is 5.75 Å². The number of hydrogen-bond acceptors (Lipinski definition) is 4. The quantitative estimate of drug-likeness (QED) is 0.749. The van der Waals surface area contributed by atoms with Crippen LogP contribution in [0, 0.1) is 0 Å². The summed E-state index contributed by atoms with van der Waals surface area (Å²) in [7, 11) is -1.91. The van der Waals surface area contributed by atoms with Gasteiger partial charge in [-0.15, -0.1) is 11.6 Å². The summed E-state index contributed by atoms with van der Waals surface area (Å²) in [6.45, 7) is 3.25. The van der Waals surface area contributed by atoms with Crippen LogP contribution < -0.4 is 4.74 Å². The number of hydrogen-bond donors (Lipinski definition) is 0. The maximum Gasteiger partial charge on any atom is 0.243 e. The zero-order valence-corrected chi connectivity index (χ0v) is 13.8. The van der Waals surface area contributed by atoms with Gasteiger partial charge in [0, 0.05) is 25.8 Å². The van der Waals surface area contributed by atoms with Crippen molar-refractivity contribution in [1.29, 1.82) is 0 Å². The van der Waals surface area contributed by atoms with Crippen LogP contribution in [0.15, 0.2) is 23.1 Å². The van der Waals surface area contributed by atoms with Crippen molar-refractivity contribution in [2.24, 2.45) is 0 Å². The molecule has 0 bridgehead atoms. The number of ether oxygens (including phenoxy) is 2. The minimum Gasteiger partial charge on any atom is -0.494 e. The average molecular weight is 334 g/mol. The van der Waals surface area contributed by atoms with Gasteiger partial charge in [0.2, 0.25) is 10.0 Å². The molecule has 21 heavy (non-hydrogen) atoms. The van der Waals surface area contributed by atoms with Crippen LogP contribution in [0.4, 0.5) is 0 Å². The van der Waals surface area contributed by atoms with E-state index in [9.17, 15) is 8.42 Å². The average Bonchev–Trinajstić information content (AvgIpc) is 2.97. The molecule has 118 valence electrons. The van der Waals surface area contributed by atoms with E-state index in [4.69, 9.17) is 21.1 Å². The lowest BCUT2D eigenvalue weighted by Gasteiger charge is -2.17. The van der Waals surface area contributed by atoms with Gasteiger partial charge < -0.3 is 9.47 Å². The molecule has 0 aliphatic carbocycles. The first kappa shape index (κ1) is 16.5. The first-order valence-corrected chi connectivity index (χ1v) is 8.85. The predicted octanol–water partition coefficient (Wildman–Crippen LogP) is 2.23. The molecule has 0 saturated carbocycles. The summed E-state index contributed by atoms with van der Waals surface area (Å²) in [5, 5.41) is 0. The fourth-order valence-electron chi connectivity index (χ4n) is 2.37. The van der Waals surface area contributed by atoms with E-state index < -0.39 is 10.0 Å². The van der Waals surface area contributed by atoms with Crippen LogP contribution in [0.2, 0.25) is 0 Å². The second-order valence-electron chi connectivity index (χ2n) is 4.85. The summed E-state index contributed by atoms with van der Waals surface area (Å²) in [6.07, 6.45) is 0.685. The Morgan fingerprint density at radius 1 is 1.43 bits per heavy atom. The lowest BCUT2D eigenvalue weighted by atomic mass is 10.2. The molecule has 7 heteroatoms. The molecule has 0 aromatic heterocycles. The largest absolute Gasteiger partial charge is 0.494 e. The Bertz CT molecular complexity index is 591. The smallest absolute Gasteiger partial charge is 0.243 e. The normalized spacial score (nSPS) is 19.9. The van der Waals surface area contributed by atoms with E-state index in [1.54, 1.807) is 25.3 Å². The van der Waals surface area contributed by atoms with Crippen LogP contribution in [0.3, 0.4) is 0 Å².